The molecule has 0 atom stereocenters. The van der Waals surface area contributed by atoms with Crippen LogP contribution in [0.15, 0.2) is 47.0 Å². The van der Waals surface area contributed by atoms with Gasteiger partial charge in [0.1, 0.15) is 5.69 Å². The average molecular weight is 379 g/mol. The Kier molecular flexibility index (Phi) is 6.01. The number of rotatable bonds is 7. The Labute approximate surface area is 163 Å². The first-order valence-corrected chi connectivity index (χ1v) is 8.55. The van der Waals surface area contributed by atoms with Crippen LogP contribution in [0.25, 0.3) is 24.3 Å². The molecule has 0 radical (unpaired) electrons. The summed E-state index contributed by atoms with van der Waals surface area (Å²) in [6.45, 7) is 0. The van der Waals surface area contributed by atoms with Crippen LogP contribution in [0.3, 0.4) is 0 Å². The van der Waals surface area contributed by atoms with Gasteiger partial charge in [-0.25, -0.2) is 0 Å². The van der Waals surface area contributed by atoms with E-state index in [1.807, 2.05) is 42.5 Å². The zero-order valence-electron chi connectivity index (χ0n) is 15.9. The van der Waals surface area contributed by atoms with Gasteiger partial charge in [-0.2, -0.15) is 0 Å². The van der Waals surface area contributed by atoms with Crippen molar-refractivity contribution in [3.63, 3.8) is 0 Å². The fraction of sp³-hybridized carbons (Fsp3) is 0.136. The summed E-state index contributed by atoms with van der Waals surface area (Å²) >= 11 is 0. The lowest BCUT2D eigenvalue weighted by atomic mass is 10.1. The zero-order chi connectivity index (χ0) is 19.9. The Morgan fingerprint density at radius 2 is 1.39 bits per heavy atom. The smallest absolute Gasteiger partial charge is 0.161 e. The zero-order valence-corrected chi connectivity index (χ0v) is 15.9. The highest BCUT2D eigenvalue weighted by molar-refractivity contribution is 5.72. The van der Waals surface area contributed by atoms with E-state index in [0.717, 1.165) is 11.1 Å². The molecule has 144 valence electrons. The second-order valence-corrected chi connectivity index (χ2v) is 5.87. The summed E-state index contributed by atoms with van der Waals surface area (Å²) in [6.07, 6.45) is 7.42. The number of hydrogen-bond donors (Lipinski definition) is 1. The Morgan fingerprint density at radius 3 is 2.11 bits per heavy atom. The van der Waals surface area contributed by atoms with Crippen LogP contribution >= 0.6 is 0 Å². The van der Waals surface area contributed by atoms with Gasteiger partial charge >= 0.3 is 0 Å². The summed E-state index contributed by atoms with van der Waals surface area (Å²) in [6, 6.07) is 12.6. The maximum atomic E-state index is 9.64. The first kappa shape index (κ1) is 19.1. The number of phenols is 1. The summed E-state index contributed by atoms with van der Waals surface area (Å²) in [7, 11) is 4.72. The number of aromatic nitrogens is 1. The number of phenolic OH excluding ortho intramolecular Hbond substituents is 1. The van der Waals surface area contributed by atoms with E-state index in [0.29, 0.717) is 28.7 Å². The predicted octanol–water partition coefficient (Wildman–Crippen LogP) is 4.75. The molecule has 1 N–H and O–H groups in total. The molecule has 6 heteroatoms. The van der Waals surface area contributed by atoms with Crippen molar-refractivity contribution in [1.82, 2.24) is 5.16 Å². The molecule has 0 saturated carbocycles. The van der Waals surface area contributed by atoms with Gasteiger partial charge in [0.2, 0.25) is 0 Å². The van der Waals surface area contributed by atoms with Crippen LogP contribution in [0.5, 0.6) is 23.0 Å². The van der Waals surface area contributed by atoms with Gasteiger partial charge in [-0.05, 0) is 47.5 Å². The van der Waals surface area contributed by atoms with Crippen molar-refractivity contribution in [2.45, 2.75) is 0 Å². The monoisotopic (exact) mass is 379 g/mol. The van der Waals surface area contributed by atoms with Gasteiger partial charge in [0.25, 0.3) is 0 Å². The minimum Gasteiger partial charge on any atom is -0.504 e. The van der Waals surface area contributed by atoms with Gasteiger partial charge in [-0.3, -0.25) is 0 Å². The lowest BCUT2D eigenvalue weighted by Crippen LogP contribution is -1.90. The van der Waals surface area contributed by atoms with Crippen molar-refractivity contribution in [3.8, 4) is 23.0 Å². The lowest BCUT2D eigenvalue weighted by Gasteiger charge is -2.07. The van der Waals surface area contributed by atoms with E-state index in [2.05, 4.69) is 5.16 Å². The molecular formula is C22H21NO5. The first-order valence-electron chi connectivity index (χ1n) is 8.55. The third kappa shape index (κ3) is 4.54. The van der Waals surface area contributed by atoms with Crippen LogP contribution in [0.2, 0.25) is 0 Å². The Hall–Kier alpha value is -3.67. The highest BCUT2D eigenvalue weighted by Crippen LogP contribution is 2.29. The molecule has 0 amide bonds. The Bertz CT molecular complexity index is 1000. The minimum atomic E-state index is 0.0990. The Balaban J connectivity index is 1.71. The summed E-state index contributed by atoms with van der Waals surface area (Å²) in [5.74, 6) is 2.47. The number of aromatic hydroxyl groups is 1. The largest absolute Gasteiger partial charge is 0.504 e. The van der Waals surface area contributed by atoms with Gasteiger partial charge in [-0.1, -0.05) is 29.4 Å². The highest BCUT2D eigenvalue weighted by Gasteiger charge is 2.04. The molecule has 28 heavy (non-hydrogen) atoms. The molecule has 0 saturated heterocycles. The van der Waals surface area contributed by atoms with E-state index >= 15 is 0 Å². The van der Waals surface area contributed by atoms with Crippen LogP contribution in [-0.2, 0) is 0 Å². The quantitative estimate of drug-likeness (QED) is 0.639. The average Bonchev–Trinajstić information content (AvgIpc) is 3.19. The molecule has 1 aromatic heterocycles. The van der Waals surface area contributed by atoms with Crippen LogP contribution < -0.4 is 14.2 Å². The van der Waals surface area contributed by atoms with E-state index < -0.39 is 0 Å². The van der Waals surface area contributed by atoms with Crippen molar-refractivity contribution in [2.75, 3.05) is 21.3 Å². The molecule has 2 aromatic carbocycles. The van der Waals surface area contributed by atoms with Crippen molar-refractivity contribution >= 4 is 24.3 Å². The van der Waals surface area contributed by atoms with Crippen molar-refractivity contribution in [2.24, 2.45) is 0 Å². The molecular weight excluding hydrogens is 358 g/mol. The van der Waals surface area contributed by atoms with Gasteiger partial charge in [0, 0.05) is 6.07 Å². The van der Waals surface area contributed by atoms with E-state index in [4.69, 9.17) is 18.7 Å². The van der Waals surface area contributed by atoms with Crippen molar-refractivity contribution in [1.29, 1.82) is 0 Å². The third-order valence-electron chi connectivity index (χ3n) is 4.04. The number of methoxy groups -OCH3 is 3. The van der Waals surface area contributed by atoms with Crippen LogP contribution in [0.1, 0.15) is 22.6 Å². The summed E-state index contributed by atoms with van der Waals surface area (Å²) in [5.41, 5.74) is 2.51. The maximum absolute atomic E-state index is 9.64. The number of hydrogen-bond acceptors (Lipinski definition) is 6. The molecule has 0 aliphatic rings. The molecule has 1 heterocycles. The topological polar surface area (TPSA) is 74.0 Å². The number of benzene rings is 2. The van der Waals surface area contributed by atoms with Gasteiger partial charge in [-0.15, -0.1) is 0 Å². The molecule has 3 aromatic rings. The molecule has 0 bridgehead atoms. The molecule has 6 nitrogen and oxygen atoms in total. The third-order valence-corrected chi connectivity index (χ3v) is 4.04. The summed E-state index contributed by atoms with van der Waals surface area (Å²) in [5, 5.41) is 13.7. The summed E-state index contributed by atoms with van der Waals surface area (Å²) < 4.78 is 21.0. The maximum Gasteiger partial charge on any atom is 0.161 e. The van der Waals surface area contributed by atoms with Gasteiger partial charge in [0.15, 0.2) is 28.8 Å². The molecule has 0 aliphatic carbocycles. The van der Waals surface area contributed by atoms with Gasteiger partial charge in [0.05, 0.1) is 21.3 Å². The molecule has 0 unspecified atom stereocenters. The van der Waals surface area contributed by atoms with Crippen LogP contribution in [0, 0.1) is 0 Å². The minimum absolute atomic E-state index is 0.0990. The van der Waals surface area contributed by atoms with Crippen molar-refractivity contribution in [3.05, 3.63) is 65.0 Å². The summed E-state index contributed by atoms with van der Waals surface area (Å²) in [4.78, 5) is 0. The van der Waals surface area contributed by atoms with Crippen molar-refractivity contribution < 1.29 is 23.8 Å². The molecule has 0 aliphatic heterocycles. The number of nitrogens with zero attached hydrogens (tertiary/aromatic N) is 1. The molecule has 3 rings (SSSR count). The fourth-order valence-corrected chi connectivity index (χ4v) is 2.58. The predicted molar refractivity (Wildman–Crippen MR) is 109 cm³/mol. The van der Waals surface area contributed by atoms with Crippen LogP contribution in [-0.4, -0.2) is 31.6 Å². The SMILES string of the molecule is COc1cc(/C=C/c2cc(/C=C/c3ccc(OC)c(OC)c3)no2)ccc1O. The second-order valence-electron chi connectivity index (χ2n) is 5.87. The first-order chi connectivity index (χ1) is 13.6. The van der Waals surface area contributed by atoms with E-state index in [1.165, 1.54) is 7.11 Å². The van der Waals surface area contributed by atoms with E-state index in [-0.39, 0.29) is 5.75 Å². The van der Waals surface area contributed by atoms with Gasteiger partial charge < -0.3 is 23.8 Å². The molecule has 0 fully saturated rings. The standard InChI is InChI=1S/C22H21NO5/c1-25-20-11-7-15(13-22(20)27-3)4-8-17-14-18(28-23-17)9-5-16-6-10-19(24)21(12-16)26-2/h4-14,24H,1-3H3/b8-4+,9-5+. The second kappa shape index (κ2) is 8.81. The highest BCUT2D eigenvalue weighted by atomic mass is 16.5. The van der Waals surface area contributed by atoms with E-state index in [1.54, 1.807) is 38.5 Å². The lowest BCUT2D eigenvalue weighted by molar-refractivity contribution is 0.355. The fourth-order valence-electron chi connectivity index (χ4n) is 2.58. The number of ether oxygens (including phenoxy) is 3. The normalized spacial score (nSPS) is 11.2. The molecule has 0 spiro atoms. The van der Waals surface area contributed by atoms with Crippen LogP contribution in [0.4, 0.5) is 0 Å². The van der Waals surface area contributed by atoms with E-state index in [9.17, 15) is 5.11 Å². The Morgan fingerprint density at radius 1 is 0.750 bits per heavy atom.